The van der Waals surface area contributed by atoms with Gasteiger partial charge in [0.2, 0.25) is 5.91 Å². The number of carbonyl (C=O) groups is 1. The summed E-state index contributed by atoms with van der Waals surface area (Å²) in [6.07, 6.45) is 2.52. The Balaban J connectivity index is 1.67. The summed E-state index contributed by atoms with van der Waals surface area (Å²) in [6, 6.07) is 11.2. The van der Waals surface area contributed by atoms with Crippen molar-refractivity contribution < 1.29 is 19.0 Å². The monoisotopic (exact) mass is 387 g/mol. The van der Waals surface area contributed by atoms with Crippen LogP contribution in [0.4, 0.5) is 0 Å². The van der Waals surface area contributed by atoms with E-state index in [4.69, 9.17) is 25.8 Å². The van der Waals surface area contributed by atoms with Crippen LogP contribution in [0.3, 0.4) is 0 Å². The van der Waals surface area contributed by atoms with Crippen LogP contribution in [0.15, 0.2) is 36.4 Å². The molecule has 2 atom stereocenters. The molecule has 27 heavy (non-hydrogen) atoms. The lowest BCUT2D eigenvalue weighted by Crippen LogP contribution is -2.35. The van der Waals surface area contributed by atoms with Crippen molar-refractivity contribution in [2.75, 3.05) is 20.3 Å². The lowest BCUT2D eigenvalue weighted by Gasteiger charge is -2.28. The molecular weight excluding hydrogens is 366 g/mol. The highest BCUT2D eigenvalue weighted by molar-refractivity contribution is 6.30. The third-order valence-corrected chi connectivity index (χ3v) is 5.30. The highest BCUT2D eigenvalue weighted by atomic mass is 35.5. The molecule has 0 aliphatic carbocycles. The van der Waals surface area contributed by atoms with Gasteiger partial charge in [0.1, 0.15) is 6.61 Å². The fourth-order valence-electron chi connectivity index (χ4n) is 3.65. The van der Waals surface area contributed by atoms with Crippen LogP contribution in [-0.4, -0.2) is 32.3 Å². The van der Waals surface area contributed by atoms with Crippen LogP contribution in [0.5, 0.6) is 11.5 Å². The average Bonchev–Trinajstić information content (AvgIpc) is 3.19. The number of amides is 1. The first-order valence-corrected chi connectivity index (χ1v) is 9.52. The number of methoxy groups -OCH3 is 1. The molecule has 2 aliphatic heterocycles. The van der Waals surface area contributed by atoms with Gasteiger partial charge in [0, 0.05) is 11.6 Å². The van der Waals surface area contributed by atoms with Crippen molar-refractivity contribution in [2.45, 2.75) is 31.4 Å². The van der Waals surface area contributed by atoms with Gasteiger partial charge in [-0.15, -0.1) is 0 Å². The van der Waals surface area contributed by atoms with Crippen LogP contribution in [0, 0.1) is 0 Å². The molecule has 2 heterocycles. The minimum atomic E-state index is -0.241. The summed E-state index contributed by atoms with van der Waals surface area (Å²) in [4.78, 5) is 12.2. The van der Waals surface area contributed by atoms with Gasteiger partial charge in [0.05, 0.1) is 25.7 Å². The molecule has 0 bridgehead atoms. The molecule has 0 aromatic heterocycles. The first-order chi connectivity index (χ1) is 13.1. The Kier molecular flexibility index (Phi) is 5.23. The zero-order valence-electron chi connectivity index (χ0n) is 15.2. The van der Waals surface area contributed by atoms with Gasteiger partial charge in [0.25, 0.3) is 0 Å². The number of nitrogens with one attached hydrogen (secondary N) is 1. The summed E-state index contributed by atoms with van der Waals surface area (Å²) in [5.74, 6) is 1.29. The number of fused-ring (bicyclic) bond motifs is 1. The Morgan fingerprint density at radius 1 is 1.22 bits per heavy atom. The molecular formula is C21H22ClNO4. The average molecular weight is 388 g/mol. The standard InChI is InChI=1S/C21H22ClNO4/c1-25-18-9-14-10-20(24)23-21(13-4-6-15(22)7-5-13)17(14)11-19(18)27-12-16-3-2-8-26-16/h4-7,9,11,16,21H,2-3,8,10,12H2,1H3,(H,23,24)/t16-,21-/m0/s1. The number of hydrogen-bond donors (Lipinski definition) is 1. The van der Waals surface area contributed by atoms with E-state index in [-0.39, 0.29) is 18.1 Å². The van der Waals surface area contributed by atoms with Crippen molar-refractivity contribution in [2.24, 2.45) is 0 Å². The predicted octanol–water partition coefficient (Wildman–Crippen LogP) is 3.67. The van der Waals surface area contributed by atoms with E-state index in [2.05, 4.69) is 5.32 Å². The minimum Gasteiger partial charge on any atom is -0.493 e. The van der Waals surface area contributed by atoms with Gasteiger partial charge < -0.3 is 19.5 Å². The summed E-state index contributed by atoms with van der Waals surface area (Å²) in [6.45, 7) is 1.28. The van der Waals surface area contributed by atoms with Crippen molar-refractivity contribution in [3.8, 4) is 11.5 Å². The van der Waals surface area contributed by atoms with E-state index >= 15 is 0 Å². The number of ether oxygens (including phenoxy) is 3. The SMILES string of the molecule is COc1cc2c(cc1OC[C@@H]1CCCO1)[C@H](c1ccc(Cl)cc1)NC(=O)C2. The lowest BCUT2D eigenvalue weighted by molar-refractivity contribution is -0.121. The fourth-order valence-corrected chi connectivity index (χ4v) is 3.78. The number of carbonyl (C=O) groups excluding carboxylic acids is 1. The van der Waals surface area contributed by atoms with E-state index in [1.807, 2.05) is 36.4 Å². The van der Waals surface area contributed by atoms with E-state index in [9.17, 15) is 4.79 Å². The van der Waals surface area contributed by atoms with Gasteiger partial charge in [-0.1, -0.05) is 23.7 Å². The Hall–Kier alpha value is -2.24. The zero-order chi connectivity index (χ0) is 18.8. The lowest BCUT2D eigenvalue weighted by atomic mass is 9.89. The summed E-state index contributed by atoms with van der Waals surface area (Å²) in [7, 11) is 1.61. The highest BCUT2D eigenvalue weighted by Crippen LogP contribution is 2.38. The second-order valence-corrected chi connectivity index (χ2v) is 7.31. The van der Waals surface area contributed by atoms with Gasteiger partial charge in [-0.3, -0.25) is 4.79 Å². The second kappa shape index (κ2) is 7.79. The third kappa shape index (κ3) is 3.89. The maximum absolute atomic E-state index is 12.2. The molecule has 1 saturated heterocycles. The number of halogens is 1. The van der Waals surface area contributed by atoms with Gasteiger partial charge in [-0.2, -0.15) is 0 Å². The summed E-state index contributed by atoms with van der Waals surface area (Å²) in [5.41, 5.74) is 2.93. The summed E-state index contributed by atoms with van der Waals surface area (Å²) < 4.78 is 17.2. The number of rotatable bonds is 5. The smallest absolute Gasteiger partial charge is 0.225 e. The van der Waals surface area contributed by atoms with Crippen LogP contribution < -0.4 is 14.8 Å². The Labute approximate surface area is 163 Å². The van der Waals surface area contributed by atoms with Crippen molar-refractivity contribution in [3.63, 3.8) is 0 Å². The highest BCUT2D eigenvalue weighted by Gasteiger charge is 2.28. The topological polar surface area (TPSA) is 56.8 Å². The van der Waals surface area contributed by atoms with Crippen LogP contribution >= 0.6 is 11.6 Å². The summed E-state index contributed by atoms with van der Waals surface area (Å²) >= 11 is 6.01. The molecule has 2 aromatic rings. The quantitative estimate of drug-likeness (QED) is 0.850. The zero-order valence-corrected chi connectivity index (χ0v) is 15.9. The molecule has 2 aliphatic rings. The second-order valence-electron chi connectivity index (χ2n) is 6.88. The molecule has 4 rings (SSSR count). The van der Waals surface area contributed by atoms with Crippen molar-refractivity contribution in [1.82, 2.24) is 5.32 Å². The van der Waals surface area contributed by atoms with E-state index in [1.165, 1.54) is 0 Å². The Morgan fingerprint density at radius 3 is 2.74 bits per heavy atom. The normalized spacial score (nSPS) is 21.5. The Morgan fingerprint density at radius 2 is 2.04 bits per heavy atom. The van der Waals surface area contributed by atoms with Gasteiger partial charge >= 0.3 is 0 Å². The molecule has 0 spiro atoms. The molecule has 0 radical (unpaired) electrons. The van der Waals surface area contributed by atoms with Gasteiger partial charge in [-0.05, 0) is 53.8 Å². The predicted molar refractivity (Wildman–Crippen MR) is 103 cm³/mol. The molecule has 0 unspecified atom stereocenters. The fraction of sp³-hybridized carbons (Fsp3) is 0.381. The largest absolute Gasteiger partial charge is 0.493 e. The summed E-state index contributed by atoms with van der Waals surface area (Å²) in [5, 5.41) is 3.73. The van der Waals surface area contributed by atoms with Gasteiger partial charge in [0.15, 0.2) is 11.5 Å². The molecule has 0 saturated carbocycles. The molecule has 1 N–H and O–H groups in total. The van der Waals surface area contributed by atoms with Crippen molar-refractivity contribution in [1.29, 1.82) is 0 Å². The van der Waals surface area contributed by atoms with E-state index < -0.39 is 0 Å². The first kappa shape index (κ1) is 18.1. The van der Waals surface area contributed by atoms with E-state index in [0.29, 0.717) is 29.5 Å². The maximum atomic E-state index is 12.2. The van der Waals surface area contributed by atoms with E-state index in [0.717, 1.165) is 36.1 Å². The van der Waals surface area contributed by atoms with Crippen LogP contribution in [0.25, 0.3) is 0 Å². The van der Waals surface area contributed by atoms with Crippen molar-refractivity contribution >= 4 is 17.5 Å². The minimum absolute atomic E-state index is 0.0162. The van der Waals surface area contributed by atoms with E-state index in [1.54, 1.807) is 7.11 Å². The maximum Gasteiger partial charge on any atom is 0.225 e. The number of hydrogen-bond acceptors (Lipinski definition) is 4. The van der Waals surface area contributed by atoms with Crippen LogP contribution in [0.2, 0.25) is 5.02 Å². The van der Waals surface area contributed by atoms with Gasteiger partial charge in [-0.25, -0.2) is 0 Å². The number of benzene rings is 2. The van der Waals surface area contributed by atoms with Crippen LogP contribution in [0.1, 0.15) is 35.6 Å². The van der Waals surface area contributed by atoms with Crippen molar-refractivity contribution in [3.05, 3.63) is 58.1 Å². The molecule has 6 heteroatoms. The molecule has 2 aromatic carbocycles. The third-order valence-electron chi connectivity index (χ3n) is 5.04. The van der Waals surface area contributed by atoms with Crippen LogP contribution in [-0.2, 0) is 16.0 Å². The first-order valence-electron chi connectivity index (χ1n) is 9.14. The molecule has 142 valence electrons. The Bertz CT molecular complexity index is 831. The molecule has 1 amide bonds. The molecule has 1 fully saturated rings. The molecule has 5 nitrogen and oxygen atoms in total.